The third-order valence-corrected chi connectivity index (χ3v) is 5.29. The molecule has 1 heterocycles. The first-order valence-electron chi connectivity index (χ1n) is 7.26. The zero-order chi connectivity index (χ0) is 14.8. The number of fused-ring (bicyclic) bond motifs is 1. The van der Waals surface area contributed by atoms with E-state index in [-0.39, 0.29) is 11.9 Å². The number of nitrogen functional groups attached to an aromatic ring is 1. The number of nitrogens with two attached hydrogens (primary N) is 1. The molecule has 3 rings (SSSR count). The van der Waals surface area contributed by atoms with Gasteiger partial charge in [-0.3, -0.25) is 9.89 Å². The van der Waals surface area contributed by atoms with E-state index in [1.807, 2.05) is 17.8 Å². The Hall–Kier alpha value is -1.69. The van der Waals surface area contributed by atoms with Crippen molar-refractivity contribution in [1.82, 2.24) is 15.5 Å². The summed E-state index contributed by atoms with van der Waals surface area (Å²) in [5, 5.41) is 11.5. The maximum atomic E-state index is 12.5. The molecule has 1 aromatic carbocycles. The molecule has 2 aromatic rings. The second-order valence-electron chi connectivity index (χ2n) is 5.52. The normalized spacial score (nSPS) is 22.3. The summed E-state index contributed by atoms with van der Waals surface area (Å²) < 4.78 is 0. The van der Waals surface area contributed by atoms with E-state index in [4.69, 9.17) is 5.73 Å². The number of amides is 1. The molecular weight excluding hydrogens is 284 g/mol. The number of thioether (sulfide) groups is 1. The highest BCUT2D eigenvalue weighted by atomic mass is 32.2. The van der Waals surface area contributed by atoms with Crippen LogP contribution in [0.5, 0.6) is 0 Å². The fourth-order valence-corrected chi connectivity index (χ4v) is 3.92. The zero-order valence-electron chi connectivity index (χ0n) is 12.1. The molecule has 1 fully saturated rings. The average molecular weight is 304 g/mol. The van der Waals surface area contributed by atoms with Crippen molar-refractivity contribution in [3.63, 3.8) is 0 Å². The number of carbonyl (C=O) groups excluding carboxylic acids is 1. The van der Waals surface area contributed by atoms with E-state index in [1.54, 1.807) is 12.1 Å². The number of hydrogen-bond donors (Lipinski definition) is 3. The van der Waals surface area contributed by atoms with Gasteiger partial charge in [-0.15, -0.1) is 0 Å². The monoisotopic (exact) mass is 304 g/mol. The molecule has 2 atom stereocenters. The van der Waals surface area contributed by atoms with Crippen LogP contribution in [0.2, 0.25) is 0 Å². The van der Waals surface area contributed by atoms with Crippen LogP contribution in [0, 0.1) is 0 Å². The summed E-state index contributed by atoms with van der Waals surface area (Å²) in [6, 6.07) is 5.67. The van der Waals surface area contributed by atoms with E-state index >= 15 is 0 Å². The molecule has 0 aliphatic heterocycles. The van der Waals surface area contributed by atoms with Gasteiger partial charge in [-0.1, -0.05) is 12.8 Å². The van der Waals surface area contributed by atoms with E-state index in [2.05, 4.69) is 21.8 Å². The summed E-state index contributed by atoms with van der Waals surface area (Å²) in [7, 11) is 0. The summed E-state index contributed by atoms with van der Waals surface area (Å²) >= 11 is 1.84. The van der Waals surface area contributed by atoms with Gasteiger partial charge in [0, 0.05) is 22.4 Å². The summed E-state index contributed by atoms with van der Waals surface area (Å²) in [5.41, 5.74) is 7.71. The Balaban J connectivity index is 1.82. The molecule has 2 unspecified atom stereocenters. The third kappa shape index (κ3) is 2.85. The van der Waals surface area contributed by atoms with Crippen LogP contribution in [0.4, 0.5) is 5.69 Å². The van der Waals surface area contributed by atoms with Crippen molar-refractivity contribution in [3.05, 3.63) is 23.9 Å². The van der Waals surface area contributed by atoms with Gasteiger partial charge in [-0.05, 0) is 37.3 Å². The summed E-state index contributed by atoms with van der Waals surface area (Å²) in [4.78, 5) is 12.5. The SMILES string of the molecule is CSC1CCCCC1NC(=O)c1n[nH]c2ccc(N)cc12. The van der Waals surface area contributed by atoms with Gasteiger partial charge in [0.25, 0.3) is 5.91 Å². The van der Waals surface area contributed by atoms with Crippen LogP contribution >= 0.6 is 11.8 Å². The summed E-state index contributed by atoms with van der Waals surface area (Å²) in [6.07, 6.45) is 6.75. The Kier molecular flexibility index (Phi) is 4.05. The van der Waals surface area contributed by atoms with Crippen molar-refractivity contribution in [2.24, 2.45) is 0 Å². The molecule has 0 bridgehead atoms. The average Bonchev–Trinajstić information content (AvgIpc) is 2.90. The number of aromatic amines is 1. The first kappa shape index (κ1) is 14.3. The smallest absolute Gasteiger partial charge is 0.272 e. The van der Waals surface area contributed by atoms with Crippen molar-refractivity contribution in [2.75, 3.05) is 12.0 Å². The van der Waals surface area contributed by atoms with Crippen molar-refractivity contribution in [1.29, 1.82) is 0 Å². The fraction of sp³-hybridized carbons (Fsp3) is 0.467. The molecule has 0 spiro atoms. The Labute approximate surface area is 128 Å². The number of carbonyl (C=O) groups is 1. The number of anilines is 1. The standard InChI is InChI=1S/C15H20N4OS/c1-21-13-5-3-2-4-12(13)17-15(20)14-10-8-9(16)6-7-11(10)18-19-14/h6-8,12-13H,2-5,16H2,1H3,(H,17,20)(H,18,19). The first-order chi connectivity index (χ1) is 10.2. The lowest BCUT2D eigenvalue weighted by molar-refractivity contribution is 0.0926. The van der Waals surface area contributed by atoms with Crippen molar-refractivity contribution < 1.29 is 4.79 Å². The number of rotatable bonds is 3. The molecule has 1 aliphatic rings. The van der Waals surface area contributed by atoms with E-state index in [0.29, 0.717) is 16.6 Å². The number of nitrogens with one attached hydrogen (secondary N) is 2. The van der Waals surface area contributed by atoms with Crippen LogP contribution in [0.25, 0.3) is 10.9 Å². The predicted molar refractivity (Wildman–Crippen MR) is 87.5 cm³/mol. The molecule has 5 nitrogen and oxygen atoms in total. The highest BCUT2D eigenvalue weighted by Crippen LogP contribution is 2.27. The van der Waals surface area contributed by atoms with E-state index in [9.17, 15) is 4.79 Å². The second-order valence-corrected chi connectivity index (χ2v) is 6.59. The first-order valence-corrected chi connectivity index (χ1v) is 8.55. The van der Waals surface area contributed by atoms with Crippen LogP contribution in [0.1, 0.15) is 36.2 Å². The molecule has 6 heteroatoms. The van der Waals surface area contributed by atoms with Crippen LogP contribution in [0.3, 0.4) is 0 Å². The van der Waals surface area contributed by atoms with Gasteiger partial charge < -0.3 is 11.1 Å². The number of aromatic nitrogens is 2. The third-order valence-electron chi connectivity index (χ3n) is 4.12. The highest BCUT2D eigenvalue weighted by Gasteiger charge is 2.27. The van der Waals surface area contributed by atoms with Crippen molar-refractivity contribution >= 4 is 34.3 Å². The van der Waals surface area contributed by atoms with E-state index in [0.717, 1.165) is 17.3 Å². The highest BCUT2D eigenvalue weighted by molar-refractivity contribution is 7.99. The molecule has 4 N–H and O–H groups in total. The Morgan fingerprint density at radius 2 is 2.24 bits per heavy atom. The fourth-order valence-electron chi connectivity index (χ4n) is 2.99. The maximum absolute atomic E-state index is 12.5. The Morgan fingerprint density at radius 3 is 3.05 bits per heavy atom. The molecule has 112 valence electrons. The molecule has 1 amide bonds. The number of H-pyrrole nitrogens is 1. The van der Waals surface area contributed by atoms with Crippen LogP contribution in [0.15, 0.2) is 18.2 Å². The van der Waals surface area contributed by atoms with Gasteiger partial charge in [-0.25, -0.2) is 0 Å². The summed E-state index contributed by atoms with van der Waals surface area (Å²) in [6.45, 7) is 0. The lowest BCUT2D eigenvalue weighted by atomic mass is 9.94. The molecule has 0 saturated heterocycles. The lowest BCUT2D eigenvalue weighted by Crippen LogP contribution is -2.43. The van der Waals surface area contributed by atoms with E-state index < -0.39 is 0 Å². The molecule has 1 aromatic heterocycles. The van der Waals surface area contributed by atoms with Crippen LogP contribution < -0.4 is 11.1 Å². The predicted octanol–water partition coefficient (Wildman–Crippen LogP) is 2.55. The number of hydrogen-bond acceptors (Lipinski definition) is 4. The van der Waals surface area contributed by atoms with Gasteiger partial charge in [-0.2, -0.15) is 16.9 Å². The van der Waals surface area contributed by atoms with Gasteiger partial charge >= 0.3 is 0 Å². The van der Waals surface area contributed by atoms with Gasteiger partial charge in [0.05, 0.1) is 5.52 Å². The largest absolute Gasteiger partial charge is 0.399 e. The zero-order valence-corrected chi connectivity index (χ0v) is 12.9. The minimum atomic E-state index is -0.113. The molecular formula is C15H20N4OS. The maximum Gasteiger partial charge on any atom is 0.272 e. The summed E-state index contributed by atoms with van der Waals surface area (Å²) in [5.74, 6) is -0.113. The molecule has 21 heavy (non-hydrogen) atoms. The molecule has 1 aliphatic carbocycles. The van der Waals surface area contributed by atoms with Crippen LogP contribution in [-0.4, -0.2) is 33.7 Å². The second kappa shape index (κ2) is 5.97. The molecule has 1 saturated carbocycles. The Morgan fingerprint density at radius 1 is 1.43 bits per heavy atom. The van der Waals surface area contributed by atoms with Gasteiger partial charge in [0.2, 0.25) is 0 Å². The lowest BCUT2D eigenvalue weighted by Gasteiger charge is -2.30. The van der Waals surface area contributed by atoms with Gasteiger partial charge in [0.1, 0.15) is 0 Å². The van der Waals surface area contributed by atoms with E-state index in [1.165, 1.54) is 19.3 Å². The van der Waals surface area contributed by atoms with Gasteiger partial charge in [0.15, 0.2) is 5.69 Å². The minimum Gasteiger partial charge on any atom is -0.399 e. The number of nitrogens with zero attached hydrogens (tertiary/aromatic N) is 1. The van der Waals surface area contributed by atoms with Crippen molar-refractivity contribution in [3.8, 4) is 0 Å². The van der Waals surface area contributed by atoms with Crippen LogP contribution in [-0.2, 0) is 0 Å². The minimum absolute atomic E-state index is 0.113. The molecule has 0 radical (unpaired) electrons. The topological polar surface area (TPSA) is 83.8 Å². The Bertz CT molecular complexity index is 654. The number of benzene rings is 1. The van der Waals surface area contributed by atoms with Crippen molar-refractivity contribution in [2.45, 2.75) is 37.0 Å². The quantitative estimate of drug-likeness (QED) is 0.761.